The number of rotatable bonds is 4. The molecule has 8 heteroatoms. The van der Waals surface area contributed by atoms with E-state index in [1.165, 1.54) is 277 Å². The summed E-state index contributed by atoms with van der Waals surface area (Å²) >= 11 is 0. The summed E-state index contributed by atoms with van der Waals surface area (Å²) in [5.74, 6) is 2.52. The van der Waals surface area contributed by atoms with Crippen LogP contribution in [0.25, 0.3) is 0 Å². The van der Waals surface area contributed by atoms with Gasteiger partial charge in [-0.05, 0) is 151 Å². The molecule has 0 amide bonds. The largest absolute Gasteiger partial charge is 0.361 e. The molecular formula is C64H100Fe4N4. The van der Waals surface area contributed by atoms with Gasteiger partial charge in [-0.3, -0.25) is 0 Å². The zero-order valence-electron chi connectivity index (χ0n) is 45.8. The number of hydrogen-bond donors (Lipinski definition) is 4. The van der Waals surface area contributed by atoms with Crippen LogP contribution >= 0.6 is 0 Å². The molecule has 4 aromatic heterocycles. The Morgan fingerprint density at radius 1 is 0.222 bits per heavy atom. The molecule has 0 saturated heterocycles. The first-order chi connectivity index (χ1) is 33.3. The van der Waals surface area contributed by atoms with Crippen molar-refractivity contribution in [1.82, 2.24) is 19.9 Å². The summed E-state index contributed by atoms with van der Waals surface area (Å²) in [6.45, 7) is 10.2. The van der Waals surface area contributed by atoms with Crippen LogP contribution in [-0.2, 0) is 89.9 Å². The van der Waals surface area contributed by atoms with E-state index in [9.17, 15) is 0 Å². The van der Waals surface area contributed by atoms with Crippen LogP contribution in [0.5, 0.6) is 0 Å². The molecule has 9 aliphatic rings. The first-order valence-electron chi connectivity index (χ1n) is 30.1. The van der Waals surface area contributed by atoms with Crippen LogP contribution in [-0.4, -0.2) is 19.9 Å². The van der Waals surface area contributed by atoms with E-state index >= 15 is 0 Å². The SMILES string of the molecule is C1CCCC1.C1CCCC1.C1CCCC1.C1CCCC1.CC1(C2CCCC2)c2ccc([nH]2)C(C)(C2CCCC2)c2ccc([nH]2)C(C)(C2CCCC2)c2ccc([nH]2)C(C)(C2CCCC2)c2ccc1[nH]2.[Fe].[Fe].[Fe].[Fe]. The van der Waals surface area contributed by atoms with Crippen LogP contribution < -0.4 is 0 Å². The quantitative estimate of drug-likeness (QED) is 0.147. The summed E-state index contributed by atoms with van der Waals surface area (Å²) in [4.78, 5) is 16.9. The molecule has 0 unspecified atom stereocenters. The Balaban J connectivity index is 0.000000333. The molecule has 72 heavy (non-hydrogen) atoms. The van der Waals surface area contributed by atoms with Crippen molar-refractivity contribution in [1.29, 1.82) is 0 Å². The summed E-state index contributed by atoms with van der Waals surface area (Å²) in [6, 6.07) is 19.9. The third kappa shape index (κ3) is 13.4. The van der Waals surface area contributed by atoms with Gasteiger partial charge in [-0.25, -0.2) is 0 Å². The minimum Gasteiger partial charge on any atom is -0.361 e. The van der Waals surface area contributed by atoms with Gasteiger partial charge in [-0.15, -0.1) is 0 Å². The average molecular weight is 1150 g/mol. The first kappa shape index (κ1) is 62.0. The number of H-pyrrole nitrogens is 4. The third-order valence-corrected chi connectivity index (χ3v) is 20.9. The monoisotopic (exact) mass is 1150 g/mol. The van der Waals surface area contributed by atoms with Gasteiger partial charge in [0.2, 0.25) is 0 Å². The molecule has 5 heterocycles. The molecule has 4 nitrogen and oxygen atoms in total. The average Bonchev–Trinajstić information content (AvgIpc) is 4.24. The van der Waals surface area contributed by atoms with E-state index in [0.29, 0.717) is 23.7 Å². The van der Waals surface area contributed by atoms with Gasteiger partial charge in [0.05, 0.1) is 21.7 Å². The van der Waals surface area contributed by atoms with Gasteiger partial charge in [-0.1, -0.05) is 180 Å². The van der Waals surface area contributed by atoms with Crippen LogP contribution in [0.1, 0.15) is 304 Å². The van der Waals surface area contributed by atoms with Crippen LogP contribution in [0.3, 0.4) is 0 Å². The Bertz CT molecular complexity index is 1680. The molecule has 4 aromatic rings. The number of aromatic nitrogens is 4. The van der Waals surface area contributed by atoms with Crippen molar-refractivity contribution >= 4 is 0 Å². The maximum Gasteiger partial charge on any atom is 0.0503 e. The van der Waals surface area contributed by atoms with Gasteiger partial charge < -0.3 is 19.9 Å². The minimum absolute atomic E-state index is 0. The molecule has 408 valence electrons. The van der Waals surface area contributed by atoms with E-state index in [-0.39, 0.29) is 89.9 Å². The molecule has 8 fully saturated rings. The zero-order valence-corrected chi connectivity index (χ0v) is 50.2. The van der Waals surface area contributed by atoms with E-state index in [0.717, 1.165) is 0 Å². The summed E-state index contributed by atoms with van der Waals surface area (Å²) < 4.78 is 0. The van der Waals surface area contributed by atoms with Crippen molar-refractivity contribution in [2.45, 2.75) is 281 Å². The number of nitrogens with one attached hydrogen (secondary N) is 4. The van der Waals surface area contributed by atoms with Crippen molar-refractivity contribution in [2.24, 2.45) is 23.7 Å². The predicted octanol–water partition coefficient (Wildman–Crippen LogP) is 19.1. The van der Waals surface area contributed by atoms with E-state index in [1.54, 1.807) is 0 Å². The minimum atomic E-state index is -0.0833. The molecule has 0 atom stereocenters. The van der Waals surface area contributed by atoms with E-state index < -0.39 is 0 Å². The second kappa shape index (κ2) is 29.3. The van der Waals surface area contributed by atoms with Gasteiger partial charge in [0.15, 0.2) is 0 Å². The second-order valence-electron chi connectivity index (χ2n) is 24.9. The molecule has 0 aromatic carbocycles. The topological polar surface area (TPSA) is 63.2 Å². The maximum absolute atomic E-state index is 4.23. The Hall–Kier alpha value is -0.802. The van der Waals surface area contributed by atoms with E-state index in [2.05, 4.69) is 96.2 Å². The standard InChI is InChI=1S/C44H60N4.4C5H10.4Fe/c1-41(29-13-5-6-14-29)33-21-23-35(45-33)42(2,30-15-7-8-16-30)37-25-27-39(47-37)44(4,32-19-11-12-20-32)40-28-26-38(48-40)43(3,31-17-9-10-18-31)36-24-22-34(41)46-36;4*1-2-4-5-3-1;;;;/h21-32,45-48H,5-20H2,1-4H3;4*1-5H2;;;;. The summed E-state index contributed by atoms with van der Waals surface area (Å²) in [6.07, 6.45) is 51.2. The fourth-order valence-corrected chi connectivity index (χ4v) is 15.9. The van der Waals surface area contributed by atoms with Crippen molar-refractivity contribution in [3.05, 3.63) is 94.1 Å². The molecular weight excluding hydrogens is 1050 g/mol. The van der Waals surface area contributed by atoms with Crippen molar-refractivity contribution in [3.8, 4) is 0 Å². The Labute approximate surface area is 482 Å². The van der Waals surface area contributed by atoms with Crippen molar-refractivity contribution in [3.63, 3.8) is 0 Å². The fourth-order valence-electron chi connectivity index (χ4n) is 15.9. The van der Waals surface area contributed by atoms with Gasteiger partial charge in [0.25, 0.3) is 0 Å². The third-order valence-electron chi connectivity index (χ3n) is 20.9. The number of fused-ring (bicyclic) bond motifs is 8. The Morgan fingerprint density at radius 3 is 0.444 bits per heavy atom. The van der Waals surface area contributed by atoms with Crippen molar-refractivity contribution in [2.75, 3.05) is 0 Å². The summed E-state index contributed by atoms with van der Waals surface area (Å²) in [5.41, 5.74) is 10.9. The van der Waals surface area contributed by atoms with Gasteiger partial charge in [-0.2, -0.15) is 0 Å². The molecule has 1 aliphatic heterocycles. The van der Waals surface area contributed by atoms with Crippen LogP contribution in [0.4, 0.5) is 0 Å². The molecule has 8 aliphatic carbocycles. The van der Waals surface area contributed by atoms with Gasteiger partial charge in [0, 0.05) is 114 Å². The fraction of sp³-hybridized carbons (Fsp3) is 0.750. The normalized spacial score (nSPS) is 29.2. The number of aromatic amines is 4. The molecule has 0 spiro atoms. The van der Waals surface area contributed by atoms with Crippen LogP contribution in [0.15, 0.2) is 48.5 Å². The number of hydrogen-bond acceptors (Lipinski definition) is 0. The molecule has 4 N–H and O–H groups in total. The predicted molar refractivity (Wildman–Crippen MR) is 289 cm³/mol. The maximum atomic E-state index is 4.23. The van der Waals surface area contributed by atoms with Crippen LogP contribution in [0, 0.1) is 23.7 Å². The van der Waals surface area contributed by atoms with Gasteiger partial charge in [0.1, 0.15) is 0 Å². The second-order valence-corrected chi connectivity index (χ2v) is 24.9. The van der Waals surface area contributed by atoms with Crippen LogP contribution in [0.2, 0.25) is 0 Å². The summed E-state index contributed by atoms with van der Waals surface area (Å²) in [5, 5.41) is 0. The van der Waals surface area contributed by atoms with Crippen molar-refractivity contribution < 1.29 is 68.3 Å². The summed E-state index contributed by atoms with van der Waals surface area (Å²) in [7, 11) is 0. The Kier molecular flexibility index (Phi) is 25.2. The van der Waals surface area contributed by atoms with E-state index in [4.69, 9.17) is 0 Å². The smallest absolute Gasteiger partial charge is 0.0503 e. The Morgan fingerprint density at radius 2 is 0.333 bits per heavy atom. The van der Waals surface area contributed by atoms with E-state index in [1.807, 2.05) is 0 Å². The molecule has 0 radical (unpaired) electrons. The van der Waals surface area contributed by atoms with Gasteiger partial charge >= 0.3 is 0 Å². The first-order valence-corrected chi connectivity index (χ1v) is 30.1. The molecule has 8 saturated carbocycles. The molecule has 8 bridgehead atoms. The molecule has 13 rings (SSSR count). The zero-order chi connectivity index (χ0) is 46.9.